The van der Waals surface area contributed by atoms with Crippen molar-refractivity contribution >= 4 is 12.0 Å². The van der Waals surface area contributed by atoms with Gasteiger partial charge in [-0.05, 0) is 25.3 Å². The van der Waals surface area contributed by atoms with Crippen molar-refractivity contribution in [3.8, 4) is 0 Å². The van der Waals surface area contributed by atoms with Crippen molar-refractivity contribution in [3.63, 3.8) is 0 Å². The lowest BCUT2D eigenvalue weighted by atomic mass is 9.85. The van der Waals surface area contributed by atoms with Gasteiger partial charge in [0.25, 0.3) is 0 Å². The number of nitrogens with zero attached hydrogens (tertiary/aromatic N) is 3. The first kappa shape index (κ1) is 19.4. The maximum atomic E-state index is 12.6. The molecule has 2 atom stereocenters. The molecule has 2 aliphatic heterocycles. The second-order valence-corrected chi connectivity index (χ2v) is 7.83. The van der Waals surface area contributed by atoms with E-state index in [-0.39, 0.29) is 24.7 Å². The van der Waals surface area contributed by atoms with Gasteiger partial charge in [-0.3, -0.25) is 14.6 Å². The van der Waals surface area contributed by atoms with Crippen LogP contribution in [-0.4, -0.2) is 102 Å². The summed E-state index contributed by atoms with van der Waals surface area (Å²) in [7, 11) is 0. The van der Waals surface area contributed by atoms with Gasteiger partial charge in [-0.1, -0.05) is 13.8 Å². The lowest BCUT2D eigenvalue weighted by molar-refractivity contribution is -0.139. The first-order valence-electron chi connectivity index (χ1n) is 9.81. The SMILES string of the molecule is CCN(CC(=O)O)C1CC(NC(=O)N2CC(C)C(N3CCOCC3)C2)C1. The van der Waals surface area contributed by atoms with Crippen LogP contribution < -0.4 is 5.32 Å². The van der Waals surface area contributed by atoms with Gasteiger partial charge in [-0.2, -0.15) is 0 Å². The first-order valence-corrected chi connectivity index (χ1v) is 9.81. The predicted molar refractivity (Wildman–Crippen MR) is 97.1 cm³/mol. The molecular weight excluding hydrogens is 336 g/mol. The second-order valence-electron chi connectivity index (χ2n) is 7.83. The van der Waals surface area contributed by atoms with E-state index >= 15 is 0 Å². The second kappa shape index (κ2) is 8.54. The highest BCUT2D eigenvalue weighted by atomic mass is 16.5. The molecule has 2 heterocycles. The molecule has 3 rings (SSSR count). The Morgan fingerprint density at radius 3 is 2.54 bits per heavy atom. The van der Waals surface area contributed by atoms with Crippen molar-refractivity contribution < 1.29 is 19.4 Å². The average molecular weight is 368 g/mol. The molecule has 26 heavy (non-hydrogen) atoms. The highest BCUT2D eigenvalue weighted by Gasteiger charge is 2.39. The number of hydrogen-bond acceptors (Lipinski definition) is 5. The van der Waals surface area contributed by atoms with Crippen molar-refractivity contribution in [2.75, 3.05) is 52.5 Å². The predicted octanol–water partition coefficient (Wildman–Crippen LogP) is 0.286. The Morgan fingerprint density at radius 1 is 1.23 bits per heavy atom. The van der Waals surface area contributed by atoms with E-state index in [9.17, 15) is 9.59 Å². The number of amides is 2. The number of carboxylic acids is 1. The van der Waals surface area contributed by atoms with Crippen LogP contribution in [0.4, 0.5) is 4.79 Å². The molecule has 0 aromatic rings. The Hall–Kier alpha value is -1.38. The summed E-state index contributed by atoms with van der Waals surface area (Å²) in [6.45, 7) is 10.0. The highest BCUT2D eigenvalue weighted by Crippen LogP contribution is 2.27. The average Bonchev–Trinajstić information content (AvgIpc) is 2.98. The number of carboxylic acid groups (broad SMARTS) is 1. The van der Waals surface area contributed by atoms with Crippen LogP contribution in [-0.2, 0) is 9.53 Å². The summed E-state index contributed by atoms with van der Waals surface area (Å²) in [6, 6.07) is 0.871. The molecule has 0 spiro atoms. The molecule has 0 radical (unpaired) electrons. The number of likely N-dealkylation sites (tertiary alicyclic amines) is 1. The van der Waals surface area contributed by atoms with Crippen LogP contribution in [0.3, 0.4) is 0 Å². The molecule has 148 valence electrons. The third-order valence-electron chi connectivity index (χ3n) is 6.08. The summed E-state index contributed by atoms with van der Waals surface area (Å²) in [4.78, 5) is 29.9. The van der Waals surface area contributed by atoms with Crippen LogP contribution >= 0.6 is 0 Å². The molecule has 3 fully saturated rings. The van der Waals surface area contributed by atoms with Gasteiger partial charge in [0.2, 0.25) is 0 Å². The van der Waals surface area contributed by atoms with Crippen molar-refractivity contribution in [2.24, 2.45) is 5.92 Å². The van der Waals surface area contributed by atoms with Gasteiger partial charge in [0.05, 0.1) is 19.8 Å². The summed E-state index contributed by atoms with van der Waals surface area (Å²) in [6.07, 6.45) is 1.67. The Morgan fingerprint density at radius 2 is 1.92 bits per heavy atom. The number of morpholine rings is 1. The molecule has 2 saturated heterocycles. The van der Waals surface area contributed by atoms with Crippen molar-refractivity contribution in [2.45, 2.75) is 44.8 Å². The number of rotatable bonds is 6. The largest absolute Gasteiger partial charge is 0.480 e. The Kier molecular flexibility index (Phi) is 6.37. The molecule has 2 unspecified atom stereocenters. The fourth-order valence-electron chi connectivity index (χ4n) is 4.44. The van der Waals surface area contributed by atoms with E-state index in [1.807, 2.05) is 16.7 Å². The lowest BCUT2D eigenvalue weighted by Crippen LogP contribution is -2.56. The molecule has 1 saturated carbocycles. The molecule has 0 aromatic carbocycles. The molecule has 0 bridgehead atoms. The summed E-state index contributed by atoms with van der Waals surface area (Å²) in [5.74, 6) is -0.321. The Balaban J connectivity index is 1.42. The smallest absolute Gasteiger partial charge is 0.317 e. The van der Waals surface area contributed by atoms with Gasteiger partial charge in [-0.15, -0.1) is 0 Å². The maximum Gasteiger partial charge on any atom is 0.317 e. The third-order valence-corrected chi connectivity index (χ3v) is 6.08. The van der Waals surface area contributed by atoms with Gasteiger partial charge < -0.3 is 20.1 Å². The van der Waals surface area contributed by atoms with Crippen molar-refractivity contribution in [3.05, 3.63) is 0 Å². The number of nitrogens with one attached hydrogen (secondary N) is 1. The first-order chi connectivity index (χ1) is 12.5. The lowest BCUT2D eigenvalue weighted by Gasteiger charge is -2.42. The van der Waals surface area contributed by atoms with Crippen LogP contribution in [0.1, 0.15) is 26.7 Å². The van der Waals surface area contributed by atoms with Gasteiger partial charge >= 0.3 is 12.0 Å². The molecule has 0 aromatic heterocycles. The number of aliphatic carboxylic acids is 1. The number of hydrogen-bond donors (Lipinski definition) is 2. The maximum absolute atomic E-state index is 12.6. The quantitative estimate of drug-likeness (QED) is 0.701. The molecule has 8 heteroatoms. The zero-order valence-corrected chi connectivity index (χ0v) is 15.9. The van der Waals surface area contributed by atoms with E-state index in [0.717, 1.165) is 58.8 Å². The number of likely N-dealkylation sites (N-methyl/N-ethyl adjacent to an activating group) is 1. The summed E-state index contributed by atoms with van der Waals surface area (Å²) >= 11 is 0. The fraction of sp³-hybridized carbons (Fsp3) is 0.889. The molecule has 8 nitrogen and oxygen atoms in total. The summed E-state index contributed by atoms with van der Waals surface area (Å²) < 4.78 is 5.43. The van der Waals surface area contributed by atoms with Gasteiger partial charge in [-0.25, -0.2) is 4.79 Å². The summed E-state index contributed by atoms with van der Waals surface area (Å²) in [5, 5.41) is 12.1. The standard InChI is InChI=1S/C18H32N4O4/c1-3-20(12-17(23)24)15-8-14(9-15)19-18(25)22-10-13(2)16(11-22)21-4-6-26-7-5-21/h13-16H,3-12H2,1-2H3,(H,19,25)(H,23,24). The van der Waals surface area contributed by atoms with Gasteiger partial charge in [0, 0.05) is 44.3 Å². The van der Waals surface area contributed by atoms with E-state index in [2.05, 4.69) is 17.1 Å². The molecule has 2 amide bonds. The monoisotopic (exact) mass is 368 g/mol. The minimum Gasteiger partial charge on any atom is -0.480 e. The molecule has 1 aliphatic carbocycles. The van der Waals surface area contributed by atoms with E-state index in [4.69, 9.17) is 9.84 Å². The normalized spacial score (nSPS) is 32.5. The van der Waals surface area contributed by atoms with E-state index in [0.29, 0.717) is 12.0 Å². The van der Waals surface area contributed by atoms with E-state index < -0.39 is 5.97 Å². The van der Waals surface area contributed by atoms with Crippen LogP contribution in [0.25, 0.3) is 0 Å². The number of carbonyl (C=O) groups is 2. The third kappa shape index (κ3) is 4.47. The van der Waals surface area contributed by atoms with Crippen LogP contribution in [0, 0.1) is 5.92 Å². The zero-order valence-electron chi connectivity index (χ0n) is 15.9. The van der Waals surface area contributed by atoms with Crippen molar-refractivity contribution in [1.29, 1.82) is 0 Å². The minimum atomic E-state index is -0.792. The van der Waals surface area contributed by atoms with E-state index in [1.165, 1.54) is 0 Å². The highest BCUT2D eigenvalue weighted by molar-refractivity contribution is 5.75. The number of urea groups is 1. The minimum absolute atomic E-state index is 0.0253. The molecule has 3 aliphatic rings. The van der Waals surface area contributed by atoms with Gasteiger partial charge in [0.15, 0.2) is 0 Å². The summed E-state index contributed by atoms with van der Waals surface area (Å²) in [5.41, 5.74) is 0. The topological polar surface area (TPSA) is 85.4 Å². The van der Waals surface area contributed by atoms with E-state index in [1.54, 1.807) is 0 Å². The molecular formula is C18H32N4O4. The van der Waals surface area contributed by atoms with Crippen molar-refractivity contribution in [1.82, 2.24) is 20.0 Å². The molecule has 2 N–H and O–H groups in total. The number of carbonyl (C=O) groups excluding carboxylic acids is 1. The van der Waals surface area contributed by atoms with Crippen LogP contribution in [0.5, 0.6) is 0 Å². The Bertz CT molecular complexity index is 505. The van der Waals surface area contributed by atoms with Crippen LogP contribution in [0.15, 0.2) is 0 Å². The van der Waals surface area contributed by atoms with Gasteiger partial charge in [0.1, 0.15) is 0 Å². The Labute approximate surface area is 155 Å². The fourth-order valence-corrected chi connectivity index (χ4v) is 4.44. The number of ether oxygens (including phenoxy) is 1. The van der Waals surface area contributed by atoms with Crippen LogP contribution in [0.2, 0.25) is 0 Å². The zero-order chi connectivity index (χ0) is 18.7.